The maximum Gasteiger partial charge on any atom is 0.225 e. The molecule has 0 atom stereocenters. The number of nitrogens with zero attached hydrogens (tertiary/aromatic N) is 3. The van der Waals surface area contributed by atoms with E-state index in [0.717, 1.165) is 5.56 Å². The third-order valence-corrected chi connectivity index (χ3v) is 3.61. The average Bonchev–Trinajstić information content (AvgIpc) is 2.55. The van der Waals surface area contributed by atoms with Crippen LogP contribution in [0.1, 0.15) is 18.4 Å². The molecule has 1 aromatic heterocycles. The second-order valence-corrected chi connectivity index (χ2v) is 5.30. The number of oxime groups is 1. The number of anilines is 1. The number of carbonyl (C=O) groups is 1. The third kappa shape index (κ3) is 5.19. The van der Waals surface area contributed by atoms with Crippen LogP contribution in [0.4, 0.5) is 5.82 Å². The van der Waals surface area contributed by atoms with Crippen molar-refractivity contribution in [1.82, 2.24) is 9.97 Å². The molecule has 0 saturated heterocycles. The fourth-order valence-electron chi connectivity index (χ4n) is 1.83. The Bertz CT molecular complexity index is 708. The zero-order chi connectivity index (χ0) is 16.7. The van der Waals surface area contributed by atoms with Crippen molar-refractivity contribution in [2.75, 3.05) is 12.4 Å². The summed E-state index contributed by atoms with van der Waals surface area (Å²) in [7, 11) is 1.44. The van der Waals surface area contributed by atoms with Gasteiger partial charge in [0.25, 0.3) is 0 Å². The predicted octanol–water partition coefficient (Wildman–Crippen LogP) is 3.55. The Morgan fingerprint density at radius 2 is 2.09 bits per heavy atom. The molecule has 0 fully saturated rings. The first-order valence-electron chi connectivity index (χ1n) is 6.71. The molecule has 0 radical (unpaired) electrons. The van der Waals surface area contributed by atoms with Crippen LogP contribution in [-0.4, -0.2) is 28.7 Å². The van der Waals surface area contributed by atoms with E-state index in [4.69, 9.17) is 28.0 Å². The lowest BCUT2D eigenvalue weighted by atomic mass is 10.1. The third-order valence-electron chi connectivity index (χ3n) is 2.87. The van der Waals surface area contributed by atoms with Crippen LogP contribution < -0.4 is 5.32 Å². The fourth-order valence-corrected chi connectivity index (χ4v) is 2.13. The molecule has 23 heavy (non-hydrogen) atoms. The van der Waals surface area contributed by atoms with Crippen LogP contribution in [0.5, 0.6) is 0 Å². The smallest absolute Gasteiger partial charge is 0.225 e. The van der Waals surface area contributed by atoms with Gasteiger partial charge in [-0.25, -0.2) is 4.98 Å². The SMILES string of the molecule is CO/N=C(/CCC(=O)Nc1cnccn1)c1ccc(Cl)c(Cl)c1. The van der Waals surface area contributed by atoms with Crippen molar-refractivity contribution in [2.24, 2.45) is 5.16 Å². The summed E-state index contributed by atoms with van der Waals surface area (Å²) in [5, 5.41) is 7.47. The van der Waals surface area contributed by atoms with Crippen LogP contribution in [0.25, 0.3) is 0 Å². The average molecular weight is 353 g/mol. The number of aromatic nitrogens is 2. The zero-order valence-corrected chi connectivity index (χ0v) is 13.8. The minimum atomic E-state index is -0.200. The monoisotopic (exact) mass is 352 g/mol. The second kappa shape index (κ2) is 8.45. The van der Waals surface area contributed by atoms with Crippen molar-refractivity contribution in [2.45, 2.75) is 12.8 Å². The van der Waals surface area contributed by atoms with E-state index in [2.05, 4.69) is 20.4 Å². The molecule has 0 aliphatic rings. The molecule has 120 valence electrons. The molecule has 0 unspecified atom stereocenters. The van der Waals surface area contributed by atoms with Gasteiger partial charge in [0.05, 0.1) is 22.0 Å². The first-order valence-corrected chi connectivity index (χ1v) is 7.47. The van der Waals surface area contributed by atoms with E-state index in [1.807, 2.05) is 0 Å². The van der Waals surface area contributed by atoms with E-state index < -0.39 is 0 Å². The van der Waals surface area contributed by atoms with E-state index in [-0.39, 0.29) is 12.3 Å². The maximum absolute atomic E-state index is 12.0. The molecular weight excluding hydrogens is 339 g/mol. The van der Waals surface area contributed by atoms with E-state index in [0.29, 0.717) is 28.0 Å². The van der Waals surface area contributed by atoms with Gasteiger partial charge in [0.2, 0.25) is 5.91 Å². The molecule has 0 bridgehead atoms. The van der Waals surface area contributed by atoms with Crippen LogP contribution in [-0.2, 0) is 9.63 Å². The molecule has 0 spiro atoms. The molecule has 2 aromatic rings. The highest BCUT2D eigenvalue weighted by molar-refractivity contribution is 6.42. The van der Waals surface area contributed by atoms with Crippen molar-refractivity contribution < 1.29 is 9.63 Å². The summed E-state index contributed by atoms with van der Waals surface area (Å²) in [5.41, 5.74) is 1.34. The van der Waals surface area contributed by atoms with Crippen molar-refractivity contribution in [1.29, 1.82) is 0 Å². The maximum atomic E-state index is 12.0. The predicted molar refractivity (Wildman–Crippen MR) is 89.9 cm³/mol. The summed E-state index contributed by atoms with van der Waals surface area (Å²) in [6.07, 6.45) is 5.09. The summed E-state index contributed by atoms with van der Waals surface area (Å²) in [4.78, 5) is 24.6. The summed E-state index contributed by atoms with van der Waals surface area (Å²) in [6, 6.07) is 5.12. The van der Waals surface area contributed by atoms with E-state index >= 15 is 0 Å². The van der Waals surface area contributed by atoms with Crippen LogP contribution in [0, 0.1) is 0 Å². The van der Waals surface area contributed by atoms with Gasteiger partial charge in [-0.3, -0.25) is 9.78 Å². The lowest BCUT2D eigenvalue weighted by Crippen LogP contribution is -2.15. The van der Waals surface area contributed by atoms with Gasteiger partial charge in [0, 0.05) is 30.8 Å². The molecule has 0 aliphatic carbocycles. The Kier molecular flexibility index (Phi) is 6.31. The highest BCUT2D eigenvalue weighted by Gasteiger charge is 2.11. The molecule has 6 nitrogen and oxygen atoms in total. The first-order chi connectivity index (χ1) is 11.1. The lowest BCUT2D eigenvalue weighted by molar-refractivity contribution is -0.116. The molecule has 1 amide bonds. The van der Waals surface area contributed by atoms with Crippen molar-refractivity contribution in [3.8, 4) is 0 Å². The van der Waals surface area contributed by atoms with E-state index in [9.17, 15) is 4.79 Å². The van der Waals surface area contributed by atoms with Gasteiger partial charge in [-0.15, -0.1) is 0 Å². The van der Waals surface area contributed by atoms with Gasteiger partial charge in [-0.1, -0.05) is 34.4 Å². The number of carbonyl (C=O) groups excluding carboxylic acids is 1. The van der Waals surface area contributed by atoms with Crippen LogP contribution in [0.15, 0.2) is 41.9 Å². The van der Waals surface area contributed by atoms with Crippen molar-refractivity contribution >= 4 is 40.6 Å². The number of benzene rings is 1. The highest BCUT2D eigenvalue weighted by atomic mass is 35.5. The molecule has 1 heterocycles. The fraction of sp³-hybridized carbons (Fsp3) is 0.200. The Labute approximate surface area is 143 Å². The Hall–Kier alpha value is -2.18. The van der Waals surface area contributed by atoms with Crippen LogP contribution >= 0.6 is 23.2 Å². The van der Waals surface area contributed by atoms with Crippen LogP contribution in [0.3, 0.4) is 0 Å². The Morgan fingerprint density at radius 1 is 1.26 bits per heavy atom. The molecule has 1 aromatic carbocycles. The van der Waals surface area contributed by atoms with E-state index in [1.54, 1.807) is 18.2 Å². The van der Waals surface area contributed by atoms with Gasteiger partial charge in [-0.2, -0.15) is 0 Å². The van der Waals surface area contributed by atoms with Gasteiger partial charge in [0.1, 0.15) is 7.11 Å². The summed E-state index contributed by atoms with van der Waals surface area (Å²) >= 11 is 11.9. The van der Waals surface area contributed by atoms with Gasteiger partial charge in [0.15, 0.2) is 5.82 Å². The quantitative estimate of drug-likeness (QED) is 0.636. The molecule has 1 N–H and O–H groups in total. The topological polar surface area (TPSA) is 76.5 Å². The Morgan fingerprint density at radius 3 is 2.74 bits per heavy atom. The minimum absolute atomic E-state index is 0.200. The molecule has 0 aliphatic heterocycles. The normalized spacial score (nSPS) is 11.2. The summed E-state index contributed by atoms with van der Waals surface area (Å²) in [5.74, 6) is 0.201. The van der Waals surface area contributed by atoms with Crippen LogP contribution in [0.2, 0.25) is 10.0 Å². The molecule has 0 saturated carbocycles. The summed E-state index contributed by atoms with van der Waals surface area (Å²) in [6.45, 7) is 0. The zero-order valence-electron chi connectivity index (χ0n) is 12.3. The molecule has 2 rings (SSSR count). The number of rotatable bonds is 6. The number of nitrogens with one attached hydrogen (secondary N) is 1. The van der Waals surface area contributed by atoms with Gasteiger partial charge >= 0.3 is 0 Å². The molecular formula is C15H14Cl2N4O2. The first kappa shape index (κ1) is 17.2. The number of amides is 1. The summed E-state index contributed by atoms with van der Waals surface area (Å²) < 4.78 is 0. The Balaban J connectivity index is 2.01. The van der Waals surface area contributed by atoms with Crippen molar-refractivity contribution in [3.63, 3.8) is 0 Å². The minimum Gasteiger partial charge on any atom is -0.399 e. The van der Waals surface area contributed by atoms with Gasteiger partial charge in [-0.05, 0) is 12.1 Å². The van der Waals surface area contributed by atoms with Crippen molar-refractivity contribution in [3.05, 3.63) is 52.4 Å². The molecule has 8 heteroatoms. The second-order valence-electron chi connectivity index (χ2n) is 4.49. The largest absolute Gasteiger partial charge is 0.399 e. The number of hydrogen-bond donors (Lipinski definition) is 1. The highest BCUT2D eigenvalue weighted by Crippen LogP contribution is 2.23. The number of hydrogen-bond acceptors (Lipinski definition) is 5. The number of halogens is 2. The standard InChI is InChI=1S/C15H14Cl2N4O2/c1-23-21-13(10-2-3-11(16)12(17)8-10)4-5-15(22)20-14-9-18-6-7-19-14/h2-3,6-9H,4-5H2,1H3,(H,19,20,22)/b21-13-. The van der Waals surface area contributed by atoms with E-state index in [1.165, 1.54) is 25.7 Å². The lowest BCUT2D eigenvalue weighted by Gasteiger charge is -2.08. The van der Waals surface area contributed by atoms with Gasteiger partial charge < -0.3 is 10.2 Å².